The molecule has 0 saturated carbocycles. The molecule has 0 unspecified atom stereocenters. The van der Waals surface area contributed by atoms with Gasteiger partial charge in [0.1, 0.15) is 5.75 Å². The number of benzene rings is 2. The summed E-state index contributed by atoms with van der Waals surface area (Å²) >= 11 is 6.04. The molecule has 0 aliphatic rings. The van der Waals surface area contributed by atoms with E-state index in [1.54, 1.807) is 48.5 Å². The molecule has 4 rings (SSSR count). The first kappa shape index (κ1) is 18.3. The normalized spacial score (nSPS) is 11.8. The zero-order chi connectivity index (χ0) is 19.9. The number of nitrogens with zero attached hydrogens (tertiary/aromatic N) is 3. The molecule has 0 fully saturated rings. The lowest BCUT2D eigenvalue weighted by molar-refractivity contribution is -0.142. The van der Waals surface area contributed by atoms with Crippen LogP contribution in [0.3, 0.4) is 0 Å². The smallest absolute Gasteiger partial charge is 0.433 e. The van der Waals surface area contributed by atoms with Crippen LogP contribution >= 0.6 is 11.6 Å². The largest absolute Gasteiger partial charge is 0.497 e. The maximum Gasteiger partial charge on any atom is 0.433 e. The first-order valence-electron chi connectivity index (χ1n) is 8.23. The fraction of sp³-hybridized carbons (Fsp3) is 0.100. The molecule has 0 spiro atoms. The van der Waals surface area contributed by atoms with Gasteiger partial charge in [-0.3, -0.25) is 0 Å². The van der Waals surface area contributed by atoms with E-state index in [1.165, 1.54) is 13.3 Å². The van der Waals surface area contributed by atoms with E-state index in [2.05, 4.69) is 10.1 Å². The van der Waals surface area contributed by atoms with E-state index < -0.39 is 11.9 Å². The van der Waals surface area contributed by atoms with Crippen molar-refractivity contribution in [1.82, 2.24) is 14.6 Å². The van der Waals surface area contributed by atoms with E-state index >= 15 is 0 Å². The van der Waals surface area contributed by atoms with Crippen LogP contribution in [0.25, 0.3) is 28.0 Å². The Kier molecular flexibility index (Phi) is 4.47. The van der Waals surface area contributed by atoms with Gasteiger partial charge in [0.2, 0.25) is 0 Å². The number of halogens is 4. The molecule has 0 radical (unpaired) electrons. The molecule has 0 amide bonds. The van der Waals surface area contributed by atoms with Gasteiger partial charge >= 0.3 is 6.18 Å². The Morgan fingerprint density at radius 2 is 1.75 bits per heavy atom. The average Bonchev–Trinajstić information content (AvgIpc) is 3.10. The molecule has 0 aliphatic heterocycles. The molecule has 142 valence electrons. The van der Waals surface area contributed by atoms with E-state index in [1.807, 2.05) is 0 Å². The van der Waals surface area contributed by atoms with Gasteiger partial charge in [0.05, 0.1) is 19.0 Å². The molecule has 8 heteroatoms. The predicted octanol–water partition coefficient (Wildman–Crippen LogP) is 5.74. The third kappa shape index (κ3) is 3.29. The van der Waals surface area contributed by atoms with Gasteiger partial charge in [-0.2, -0.15) is 18.3 Å². The van der Waals surface area contributed by atoms with Crippen molar-refractivity contribution in [3.63, 3.8) is 0 Å². The van der Waals surface area contributed by atoms with Gasteiger partial charge in [-0.05, 0) is 35.9 Å². The summed E-state index contributed by atoms with van der Waals surface area (Å²) in [6.45, 7) is 0. The summed E-state index contributed by atoms with van der Waals surface area (Å²) in [7, 11) is 1.49. The summed E-state index contributed by atoms with van der Waals surface area (Å²) in [6, 6.07) is 14.5. The average molecular weight is 404 g/mol. The summed E-state index contributed by atoms with van der Waals surface area (Å²) in [6.07, 6.45) is -3.25. The SMILES string of the molecule is COc1cccc(-c2cc(C(F)(F)F)n3ncc(-c4cccc(Cl)c4)c3n2)c1. The van der Waals surface area contributed by atoms with Crippen molar-refractivity contribution in [1.29, 1.82) is 0 Å². The maximum atomic E-state index is 13.7. The lowest BCUT2D eigenvalue weighted by Gasteiger charge is -2.12. The first-order valence-corrected chi connectivity index (χ1v) is 8.61. The monoisotopic (exact) mass is 403 g/mol. The summed E-state index contributed by atoms with van der Waals surface area (Å²) in [5.74, 6) is 0.524. The van der Waals surface area contributed by atoms with Crippen LogP contribution in [0.2, 0.25) is 5.02 Å². The van der Waals surface area contributed by atoms with Gasteiger partial charge in [0.25, 0.3) is 0 Å². The Morgan fingerprint density at radius 1 is 1.00 bits per heavy atom. The van der Waals surface area contributed by atoms with E-state index in [9.17, 15) is 13.2 Å². The number of rotatable bonds is 3. The van der Waals surface area contributed by atoms with Crippen molar-refractivity contribution < 1.29 is 17.9 Å². The molecule has 28 heavy (non-hydrogen) atoms. The Balaban J connectivity index is 2.00. The number of fused-ring (bicyclic) bond motifs is 1. The van der Waals surface area contributed by atoms with Gasteiger partial charge in [-0.25, -0.2) is 9.50 Å². The van der Waals surface area contributed by atoms with E-state index in [4.69, 9.17) is 16.3 Å². The lowest BCUT2D eigenvalue weighted by atomic mass is 10.1. The van der Waals surface area contributed by atoms with Gasteiger partial charge in [-0.15, -0.1) is 0 Å². The molecular weight excluding hydrogens is 391 g/mol. The number of methoxy groups -OCH3 is 1. The fourth-order valence-electron chi connectivity index (χ4n) is 2.95. The first-order chi connectivity index (χ1) is 13.4. The molecule has 4 aromatic rings. The van der Waals surface area contributed by atoms with Crippen LogP contribution in [0.1, 0.15) is 5.69 Å². The van der Waals surface area contributed by atoms with Crippen LogP contribution < -0.4 is 4.74 Å². The van der Waals surface area contributed by atoms with Crippen LogP contribution in [-0.2, 0) is 6.18 Å². The van der Waals surface area contributed by atoms with E-state index in [0.29, 0.717) is 27.5 Å². The minimum absolute atomic E-state index is 0.0925. The fourth-order valence-corrected chi connectivity index (χ4v) is 3.15. The number of hydrogen-bond donors (Lipinski definition) is 0. The highest BCUT2D eigenvalue weighted by Crippen LogP contribution is 2.35. The Hall–Kier alpha value is -3.06. The Bertz CT molecular complexity index is 1170. The van der Waals surface area contributed by atoms with Crippen molar-refractivity contribution in [2.24, 2.45) is 0 Å². The summed E-state index contributed by atoms with van der Waals surface area (Å²) in [5, 5.41) is 4.40. The summed E-state index contributed by atoms with van der Waals surface area (Å²) < 4.78 is 47.1. The number of aromatic nitrogens is 3. The van der Waals surface area contributed by atoms with Crippen molar-refractivity contribution in [2.45, 2.75) is 6.18 Å². The van der Waals surface area contributed by atoms with Gasteiger partial charge in [0, 0.05) is 16.1 Å². The van der Waals surface area contributed by atoms with Crippen molar-refractivity contribution in [3.05, 3.63) is 71.5 Å². The molecule has 0 bridgehead atoms. The molecule has 0 saturated heterocycles. The zero-order valence-electron chi connectivity index (χ0n) is 14.5. The molecule has 2 heterocycles. The highest BCUT2D eigenvalue weighted by atomic mass is 35.5. The van der Waals surface area contributed by atoms with Crippen LogP contribution in [0.5, 0.6) is 5.75 Å². The Morgan fingerprint density at radius 3 is 2.46 bits per heavy atom. The zero-order valence-corrected chi connectivity index (χ0v) is 15.3. The van der Waals surface area contributed by atoms with E-state index in [-0.39, 0.29) is 11.3 Å². The van der Waals surface area contributed by atoms with E-state index in [0.717, 1.165) is 10.6 Å². The lowest BCUT2D eigenvalue weighted by Crippen LogP contribution is -2.13. The van der Waals surface area contributed by atoms with Crippen LogP contribution in [0, 0.1) is 0 Å². The molecular formula is C20H13ClF3N3O. The van der Waals surface area contributed by atoms with Gasteiger partial charge in [0.15, 0.2) is 11.3 Å². The topological polar surface area (TPSA) is 39.4 Å². The van der Waals surface area contributed by atoms with Crippen LogP contribution in [0.4, 0.5) is 13.2 Å². The minimum Gasteiger partial charge on any atom is -0.497 e. The molecule has 2 aromatic heterocycles. The Labute approximate surface area is 163 Å². The molecule has 0 atom stereocenters. The molecule has 0 N–H and O–H groups in total. The highest BCUT2D eigenvalue weighted by molar-refractivity contribution is 6.30. The van der Waals surface area contributed by atoms with Crippen molar-refractivity contribution >= 4 is 17.2 Å². The maximum absolute atomic E-state index is 13.7. The third-order valence-electron chi connectivity index (χ3n) is 4.26. The quantitative estimate of drug-likeness (QED) is 0.437. The second-order valence-corrected chi connectivity index (χ2v) is 6.50. The van der Waals surface area contributed by atoms with Gasteiger partial charge < -0.3 is 4.74 Å². The summed E-state index contributed by atoms with van der Waals surface area (Å²) in [5.41, 5.74) is 0.940. The predicted molar refractivity (Wildman–Crippen MR) is 100 cm³/mol. The third-order valence-corrected chi connectivity index (χ3v) is 4.50. The van der Waals surface area contributed by atoms with Gasteiger partial charge in [-0.1, -0.05) is 35.9 Å². The molecule has 0 aliphatic carbocycles. The number of hydrogen-bond acceptors (Lipinski definition) is 3. The molecule has 4 nitrogen and oxygen atoms in total. The minimum atomic E-state index is -4.60. The summed E-state index contributed by atoms with van der Waals surface area (Å²) in [4.78, 5) is 4.46. The van der Waals surface area contributed by atoms with Crippen molar-refractivity contribution in [3.8, 4) is 28.1 Å². The number of ether oxygens (including phenoxy) is 1. The second kappa shape index (κ2) is 6.83. The van der Waals surface area contributed by atoms with Crippen LogP contribution in [-0.4, -0.2) is 21.7 Å². The highest BCUT2D eigenvalue weighted by Gasteiger charge is 2.35. The standard InChI is InChI=1S/C20H13ClF3N3O/c1-28-15-7-3-5-13(9-15)17-10-18(20(22,23)24)27-19(26-17)16(11-25-27)12-4-2-6-14(21)8-12/h2-11H,1H3. The second-order valence-electron chi connectivity index (χ2n) is 6.06. The van der Waals surface area contributed by atoms with Crippen molar-refractivity contribution in [2.75, 3.05) is 7.11 Å². The van der Waals surface area contributed by atoms with Crippen LogP contribution in [0.15, 0.2) is 60.8 Å². The molecule has 2 aromatic carbocycles. The number of alkyl halides is 3.